The number of rotatable bonds is 4. The molecule has 4 heterocycles. The van der Waals surface area contributed by atoms with Crippen molar-refractivity contribution in [3.63, 3.8) is 0 Å². The largest absolute Gasteiger partial charge is 0.456 e. The Balaban J connectivity index is 1.04. The molecule has 0 unspecified atom stereocenters. The lowest BCUT2D eigenvalue weighted by Gasteiger charge is -2.13. The van der Waals surface area contributed by atoms with Gasteiger partial charge in [0.25, 0.3) is 0 Å². The van der Waals surface area contributed by atoms with Crippen LogP contribution < -0.4 is 0 Å². The Morgan fingerprint density at radius 3 is 1.65 bits per heavy atom. The number of furan rings is 1. The second kappa shape index (κ2) is 11.5. The predicted molar refractivity (Wildman–Crippen MR) is 226 cm³/mol. The van der Waals surface area contributed by atoms with Crippen LogP contribution in [-0.4, -0.2) is 19.1 Å². The lowest BCUT2D eigenvalue weighted by atomic mass is 10.0. The average Bonchev–Trinajstić information content (AvgIpc) is 3.90. The first-order chi connectivity index (χ1) is 27.3. The van der Waals surface area contributed by atoms with Crippen LogP contribution in [0.1, 0.15) is 0 Å². The number of nitrogens with zero attached hydrogens (tertiary/aromatic N) is 4. The quantitative estimate of drug-likeness (QED) is 0.183. The van der Waals surface area contributed by atoms with Crippen LogP contribution in [0, 0.1) is 0 Å². The standard InChI is InChI=1S/C50H30N4O/c1-2-12-31(13-3-1)49-51-42-18-8-4-17-39(42)50(52-49)54-44-20-10-6-15-36(44)41-29-33(23-27-46(41)54)32-22-26-45-40(28-32)35-14-5-9-19-43(35)53(45)34-24-25-38-37-16-7-11-21-47(37)55-48(38)30-34/h1-30H. The Bertz CT molecular complexity index is 3500. The third-order valence-electron chi connectivity index (χ3n) is 11.1. The molecule has 5 heteroatoms. The highest BCUT2D eigenvalue weighted by atomic mass is 16.3. The van der Waals surface area contributed by atoms with Crippen LogP contribution in [0.15, 0.2) is 186 Å². The number of para-hydroxylation sites is 4. The molecule has 0 aliphatic carbocycles. The molecule has 0 saturated heterocycles. The first kappa shape index (κ1) is 30.0. The monoisotopic (exact) mass is 702 g/mol. The summed E-state index contributed by atoms with van der Waals surface area (Å²) < 4.78 is 11.0. The Morgan fingerprint density at radius 2 is 0.909 bits per heavy atom. The van der Waals surface area contributed by atoms with Crippen LogP contribution in [0.2, 0.25) is 0 Å². The second-order valence-corrected chi connectivity index (χ2v) is 14.2. The zero-order valence-electron chi connectivity index (χ0n) is 29.5. The molecule has 5 nitrogen and oxygen atoms in total. The summed E-state index contributed by atoms with van der Waals surface area (Å²) in [7, 11) is 0. The van der Waals surface area contributed by atoms with E-state index in [1.54, 1.807) is 0 Å². The van der Waals surface area contributed by atoms with E-state index in [0.29, 0.717) is 5.82 Å². The van der Waals surface area contributed by atoms with Gasteiger partial charge in [-0.15, -0.1) is 0 Å². The fourth-order valence-corrected chi connectivity index (χ4v) is 8.61. The van der Waals surface area contributed by atoms with E-state index >= 15 is 0 Å². The van der Waals surface area contributed by atoms with E-state index in [0.717, 1.165) is 77.5 Å². The molecule has 12 aromatic rings. The Labute approximate surface area is 315 Å². The van der Waals surface area contributed by atoms with Crippen molar-refractivity contribution in [1.29, 1.82) is 0 Å². The van der Waals surface area contributed by atoms with Crippen molar-refractivity contribution >= 4 is 76.5 Å². The molecule has 0 spiro atoms. The number of hydrogen-bond donors (Lipinski definition) is 0. The van der Waals surface area contributed by atoms with E-state index in [9.17, 15) is 0 Å². The van der Waals surface area contributed by atoms with Crippen molar-refractivity contribution in [1.82, 2.24) is 19.1 Å². The van der Waals surface area contributed by atoms with Gasteiger partial charge in [0.05, 0.1) is 27.6 Å². The van der Waals surface area contributed by atoms with Gasteiger partial charge in [0.1, 0.15) is 17.0 Å². The first-order valence-electron chi connectivity index (χ1n) is 18.6. The fourth-order valence-electron chi connectivity index (χ4n) is 8.61. The molecule has 0 aliphatic heterocycles. The van der Waals surface area contributed by atoms with Gasteiger partial charge >= 0.3 is 0 Å². The minimum Gasteiger partial charge on any atom is -0.456 e. The highest BCUT2D eigenvalue weighted by molar-refractivity contribution is 6.13. The maximum atomic E-state index is 6.31. The van der Waals surface area contributed by atoms with Crippen LogP contribution in [-0.2, 0) is 0 Å². The highest BCUT2D eigenvalue weighted by Gasteiger charge is 2.19. The van der Waals surface area contributed by atoms with Gasteiger partial charge < -0.3 is 8.98 Å². The van der Waals surface area contributed by atoms with Gasteiger partial charge in [0.2, 0.25) is 0 Å². The van der Waals surface area contributed by atoms with Gasteiger partial charge in [0, 0.05) is 55.0 Å². The summed E-state index contributed by atoms with van der Waals surface area (Å²) in [6.45, 7) is 0. The first-order valence-corrected chi connectivity index (χ1v) is 18.6. The average molecular weight is 703 g/mol. The van der Waals surface area contributed by atoms with Crippen LogP contribution in [0.25, 0.3) is 110 Å². The maximum Gasteiger partial charge on any atom is 0.162 e. The summed E-state index contributed by atoms with van der Waals surface area (Å²) in [4.78, 5) is 10.2. The third-order valence-corrected chi connectivity index (χ3v) is 11.1. The molecule has 0 fully saturated rings. The minimum atomic E-state index is 0.710. The number of aromatic nitrogens is 4. The summed E-state index contributed by atoms with van der Waals surface area (Å²) in [5.41, 5.74) is 11.6. The van der Waals surface area contributed by atoms with Gasteiger partial charge in [-0.3, -0.25) is 4.57 Å². The Hall–Kier alpha value is -7.50. The van der Waals surface area contributed by atoms with Crippen molar-refractivity contribution in [3.05, 3.63) is 182 Å². The smallest absolute Gasteiger partial charge is 0.162 e. The topological polar surface area (TPSA) is 48.8 Å². The highest BCUT2D eigenvalue weighted by Crippen LogP contribution is 2.40. The van der Waals surface area contributed by atoms with E-state index in [4.69, 9.17) is 14.4 Å². The number of fused-ring (bicyclic) bond motifs is 10. The molecule has 0 saturated carbocycles. The summed E-state index contributed by atoms with van der Waals surface area (Å²) in [5, 5.41) is 8.06. The van der Waals surface area contributed by atoms with Gasteiger partial charge in [-0.05, 0) is 77.9 Å². The molecule has 0 radical (unpaired) electrons. The van der Waals surface area contributed by atoms with Gasteiger partial charge in [0.15, 0.2) is 5.82 Å². The van der Waals surface area contributed by atoms with Crippen LogP contribution >= 0.6 is 0 Å². The van der Waals surface area contributed by atoms with Crippen LogP contribution in [0.4, 0.5) is 0 Å². The molecular weight excluding hydrogens is 673 g/mol. The fraction of sp³-hybridized carbons (Fsp3) is 0. The predicted octanol–water partition coefficient (Wildman–Crippen LogP) is 13.1. The van der Waals surface area contributed by atoms with Crippen molar-refractivity contribution in [3.8, 4) is 34.0 Å². The Morgan fingerprint density at radius 1 is 0.345 bits per heavy atom. The minimum absolute atomic E-state index is 0.710. The van der Waals surface area contributed by atoms with Crippen LogP contribution in [0.3, 0.4) is 0 Å². The molecule has 0 amide bonds. The van der Waals surface area contributed by atoms with Gasteiger partial charge in [-0.1, -0.05) is 109 Å². The molecule has 55 heavy (non-hydrogen) atoms. The SMILES string of the molecule is c1ccc(-c2nc(-n3c4ccccc4c4cc(-c5ccc6c(c5)c5ccccc5n6-c5ccc6c(c5)oc5ccccc56)ccc43)c3ccccc3n2)cc1. The van der Waals surface area contributed by atoms with E-state index < -0.39 is 0 Å². The molecule has 0 aliphatic rings. The molecular formula is C50H30N4O. The summed E-state index contributed by atoms with van der Waals surface area (Å²) in [5.74, 6) is 1.58. The van der Waals surface area contributed by atoms with Gasteiger partial charge in [-0.2, -0.15) is 0 Å². The van der Waals surface area contributed by atoms with Crippen molar-refractivity contribution in [2.45, 2.75) is 0 Å². The second-order valence-electron chi connectivity index (χ2n) is 14.2. The number of benzene rings is 8. The zero-order valence-corrected chi connectivity index (χ0v) is 29.5. The van der Waals surface area contributed by atoms with Crippen molar-refractivity contribution in [2.75, 3.05) is 0 Å². The molecule has 0 atom stereocenters. The van der Waals surface area contributed by atoms with E-state index in [-0.39, 0.29) is 0 Å². The van der Waals surface area contributed by atoms with E-state index in [1.165, 1.54) is 27.1 Å². The molecule has 8 aromatic carbocycles. The van der Waals surface area contributed by atoms with E-state index in [1.807, 2.05) is 36.4 Å². The normalized spacial score (nSPS) is 12.0. The summed E-state index contributed by atoms with van der Waals surface area (Å²) >= 11 is 0. The molecule has 12 rings (SSSR count). The summed E-state index contributed by atoms with van der Waals surface area (Å²) in [6.07, 6.45) is 0. The molecule has 256 valence electrons. The summed E-state index contributed by atoms with van der Waals surface area (Å²) in [6, 6.07) is 64.3. The van der Waals surface area contributed by atoms with Crippen LogP contribution in [0.5, 0.6) is 0 Å². The van der Waals surface area contributed by atoms with Crippen molar-refractivity contribution < 1.29 is 4.42 Å². The lowest BCUT2D eigenvalue weighted by molar-refractivity contribution is 0.668. The molecule has 0 bridgehead atoms. The van der Waals surface area contributed by atoms with Crippen molar-refractivity contribution in [2.24, 2.45) is 0 Å². The zero-order chi connectivity index (χ0) is 36.0. The third kappa shape index (κ3) is 4.47. The van der Waals surface area contributed by atoms with Gasteiger partial charge in [-0.25, -0.2) is 9.97 Å². The lowest BCUT2D eigenvalue weighted by Crippen LogP contribution is -2.02. The molecule has 0 N–H and O–H groups in total. The van der Waals surface area contributed by atoms with E-state index in [2.05, 4.69) is 155 Å². The maximum absolute atomic E-state index is 6.31. The molecule has 4 aromatic heterocycles. The Kier molecular flexibility index (Phi) is 6.27. The number of hydrogen-bond acceptors (Lipinski definition) is 3.